The normalized spacial score (nSPS) is 17.9. The number of rotatable bonds is 8. The Morgan fingerprint density at radius 2 is 1.94 bits per heavy atom. The zero-order valence-corrected chi connectivity index (χ0v) is 19.4. The summed E-state index contributed by atoms with van der Waals surface area (Å²) in [6, 6.07) is 6.57. The number of likely N-dealkylation sites (tertiary alicyclic amines) is 1. The van der Waals surface area contributed by atoms with Gasteiger partial charge in [0.2, 0.25) is 0 Å². The van der Waals surface area contributed by atoms with E-state index in [9.17, 15) is 14.7 Å². The van der Waals surface area contributed by atoms with Crippen LogP contribution < -0.4 is 4.74 Å². The van der Waals surface area contributed by atoms with E-state index in [2.05, 4.69) is 23.7 Å². The standard InChI is InChI=1S/C25H31N3O4/c1-6-27(7-2)11-12-28-21(18-9-8-10-26-15-18)20(23(30)25(28)31)22(29)19-14-16(3)13-17(4)24(19)32-5/h8-10,13-15,21,29H,6-7,11-12H2,1-5H3/b22-20+. The number of carbonyl (C=O) groups excluding carboxylic acids is 2. The van der Waals surface area contributed by atoms with Crippen molar-refractivity contribution in [3.05, 3.63) is 64.5 Å². The Labute approximate surface area is 189 Å². The van der Waals surface area contributed by atoms with E-state index in [0.29, 0.717) is 30.0 Å². The molecule has 2 heterocycles. The van der Waals surface area contributed by atoms with Gasteiger partial charge in [0.15, 0.2) is 0 Å². The molecular weight excluding hydrogens is 406 g/mol. The van der Waals surface area contributed by atoms with E-state index < -0.39 is 17.7 Å². The van der Waals surface area contributed by atoms with Crippen LogP contribution in [0.5, 0.6) is 5.75 Å². The predicted molar refractivity (Wildman–Crippen MR) is 124 cm³/mol. The van der Waals surface area contributed by atoms with E-state index in [4.69, 9.17) is 4.74 Å². The largest absolute Gasteiger partial charge is 0.507 e. The molecule has 170 valence electrons. The monoisotopic (exact) mass is 437 g/mol. The molecule has 0 bridgehead atoms. The number of aromatic nitrogens is 1. The molecule has 1 unspecified atom stereocenters. The summed E-state index contributed by atoms with van der Waals surface area (Å²) in [5, 5.41) is 11.4. The number of Topliss-reactive ketones (excluding diaryl/α,β-unsaturated/α-hetero) is 1. The lowest BCUT2D eigenvalue weighted by Gasteiger charge is -2.28. The zero-order valence-electron chi connectivity index (χ0n) is 19.4. The van der Waals surface area contributed by atoms with Crippen molar-refractivity contribution < 1.29 is 19.4 Å². The van der Waals surface area contributed by atoms with Gasteiger partial charge in [0.05, 0.1) is 24.3 Å². The van der Waals surface area contributed by atoms with Crippen molar-refractivity contribution in [2.75, 3.05) is 33.3 Å². The van der Waals surface area contributed by atoms with Crippen LogP contribution in [0.4, 0.5) is 0 Å². The van der Waals surface area contributed by atoms with E-state index in [1.165, 1.54) is 7.11 Å². The maximum absolute atomic E-state index is 13.2. The Bertz CT molecular complexity index is 1030. The van der Waals surface area contributed by atoms with Crippen LogP contribution >= 0.6 is 0 Å². The minimum Gasteiger partial charge on any atom is -0.507 e. The van der Waals surface area contributed by atoms with Gasteiger partial charge in [-0.15, -0.1) is 0 Å². The number of hydrogen-bond donors (Lipinski definition) is 1. The number of hydrogen-bond acceptors (Lipinski definition) is 6. The zero-order chi connectivity index (χ0) is 23.4. The summed E-state index contributed by atoms with van der Waals surface area (Å²) in [5.41, 5.74) is 2.89. The maximum atomic E-state index is 13.2. The molecule has 0 spiro atoms. The van der Waals surface area contributed by atoms with Crippen LogP contribution in [-0.2, 0) is 9.59 Å². The van der Waals surface area contributed by atoms with Gasteiger partial charge < -0.3 is 19.6 Å². The summed E-state index contributed by atoms with van der Waals surface area (Å²) in [7, 11) is 1.52. The first-order chi connectivity index (χ1) is 15.3. The Morgan fingerprint density at radius 3 is 2.53 bits per heavy atom. The molecule has 7 heteroatoms. The van der Waals surface area contributed by atoms with Crippen molar-refractivity contribution in [2.45, 2.75) is 33.7 Å². The number of aliphatic hydroxyl groups is 1. The smallest absolute Gasteiger partial charge is 0.295 e. The van der Waals surface area contributed by atoms with Crippen molar-refractivity contribution >= 4 is 17.4 Å². The number of aryl methyl sites for hydroxylation is 2. The van der Waals surface area contributed by atoms with Crippen molar-refractivity contribution in [1.82, 2.24) is 14.8 Å². The van der Waals surface area contributed by atoms with Gasteiger partial charge in [0, 0.05) is 25.5 Å². The average Bonchev–Trinajstić information content (AvgIpc) is 3.04. The third kappa shape index (κ3) is 4.39. The number of aliphatic hydroxyl groups excluding tert-OH is 1. The fourth-order valence-electron chi connectivity index (χ4n) is 4.33. The van der Waals surface area contributed by atoms with E-state index in [1.54, 1.807) is 29.4 Å². The number of likely N-dealkylation sites (N-methyl/N-ethyl adjacent to an activating group) is 1. The third-order valence-electron chi connectivity index (χ3n) is 5.97. The molecule has 1 aromatic carbocycles. The first kappa shape index (κ1) is 23.5. The summed E-state index contributed by atoms with van der Waals surface area (Å²) < 4.78 is 5.53. The molecule has 1 saturated heterocycles. The Balaban J connectivity index is 2.17. The summed E-state index contributed by atoms with van der Waals surface area (Å²) in [5.74, 6) is -1.06. The summed E-state index contributed by atoms with van der Waals surface area (Å²) in [4.78, 5) is 34.2. The van der Waals surface area contributed by atoms with Gasteiger partial charge in [-0.3, -0.25) is 14.6 Å². The number of amides is 1. The van der Waals surface area contributed by atoms with E-state index >= 15 is 0 Å². The molecule has 1 aromatic heterocycles. The highest BCUT2D eigenvalue weighted by Gasteiger charge is 2.46. The average molecular weight is 438 g/mol. The van der Waals surface area contributed by atoms with Gasteiger partial charge >= 0.3 is 0 Å². The number of carbonyl (C=O) groups is 2. The molecule has 2 aromatic rings. The lowest BCUT2D eigenvalue weighted by Crippen LogP contribution is -2.38. The van der Waals surface area contributed by atoms with Crippen LogP contribution in [-0.4, -0.2) is 64.9 Å². The first-order valence-corrected chi connectivity index (χ1v) is 10.9. The molecule has 1 fully saturated rings. The van der Waals surface area contributed by atoms with Crippen LogP contribution in [0.1, 0.15) is 42.1 Å². The van der Waals surface area contributed by atoms with Gasteiger partial charge in [-0.2, -0.15) is 0 Å². The van der Waals surface area contributed by atoms with Crippen molar-refractivity contribution in [3.63, 3.8) is 0 Å². The molecule has 3 rings (SSSR count). The fourth-order valence-corrected chi connectivity index (χ4v) is 4.33. The Morgan fingerprint density at radius 1 is 1.22 bits per heavy atom. The molecule has 0 radical (unpaired) electrons. The van der Waals surface area contributed by atoms with Crippen molar-refractivity contribution in [3.8, 4) is 5.75 Å². The minimum absolute atomic E-state index is 0.0610. The molecule has 1 aliphatic heterocycles. The van der Waals surface area contributed by atoms with E-state index in [0.717, 1.165) is 24.2 Å². The van der Waals surface area contributed by atoms with E-state index in [1.807, 2.05) is 26.0 Å². The number of ether oxygens (including phenoxy) is 1. The molecule has 7 nitrogen and oxygen atoms in total. The molecule has 0 aliphatic carbocycles. The molecule has 1 aliphatic rings. The molecule has 32 heavy (non-hydrogen) atoms. The third-order valence-corrected chi connectivity index (χ3v) is 5.97. The molecule has 1 amide bonds. The van der Waals surface area contributed by atoms with Gasteiger partial charge in [0.1, 0.15) is 11.5 Å². The number of ketones is 1. The molecule has 0 saturated carbocycles. The second kappa shape index (κ2) is 9.96. The summed E-state index contributed by atoms with van der Waals surface area (Å²) >= 11 is 0. The van der Waals surface area contributed by atoms with Crippen molar-refractivity contribution in [1.29, 1.82) is 0 Å². The van der Waals surface area contributed by atoms with Crippen LogP contribution in [0.15, 0.2) is 42.2 Å². The number of nitrogens with zero attached hydrogens (tertiary/aromatic N) is 3. The number of methoxy groups -OCH3 is 1. The van der Waals surface area contributed by atoms with E-state index in [-0.39, 0.29) is 11.3 Å². The van der Waals surface area contributed by atoms with Gasteiger partial charge in [-0.25, -0.2) is 0 Å². The SMILES string of the molecule is CCN(CC)CCN1C(=O)C(=O)/C(=C(/O)c2cc(C)cc(C)c2OC)C1c1cccnc1. The minimum atomic E-state index is -0.718. The molecular formula is C25H31N3O4. The fraction of sp³-hybridized carbons (Fsp3) is 0.400. The van der Waals surface area contributed by atoms with Gasteiger partial charge in [0.25, 0.3) is 11.7 Å². The highest BCUT2D eigenvalue weighted by molar-refractivity contribution is 6.46. The van der Waals surface area contributed by atoms with Crippen LogP contribution in [0.25, 0.3) is 5.76 Å². The van der Waals surface area contributed by atoms with Crippen LogP contribution in [0.3, 0.4) is 0 Å². The number of pyridine rings is 1. The van der Waals surface area contributed by atoms with Gasteiger partial charge in [-0.05, 0) is 55.8 Å². The maximum Gasteiger partial charge on any atom is 0.295 e. The predicted octanol–water partition coefficient (Wildman–Crippen LogP) is 3.47. The number of benzene rings is 1. The highest BCUT2D eigenvalue weighted by Crippen LogP contribution is 2.41. The second-order valence-corrected chi connectivity index (χ2v) is 7.97. The highest BCUT2D eigenvalue weighted by atomic mass is 16.5. The van der Waals surface area contributed by atoms with Crippen LogP contribution in [0.2, 0.25) is 0 Å². The quantitative estimate of drug-likeness (QED) is 0.387. The Hall–Kier alpha value is -3.19. The second-order valence-electron chi connectivity index (χ2n) is 7.97. The van der Waals surface area contributed by atoms with Gasteiger partial charge in [-0.1, -0.05) is 26.0 Å². The summed E-state index contributed by atoms with van der Waals surface area (Å²) in [6.45, 7) is 10.6. The van der Waals surface area contributed by atoms with Crippen LogP contribution in [0, 0.1) is 13.8 Å². The Kier molecular flexibility index (Phi) is 7.30. The van der Waals surface area contributed by atoms with Crippen molar-refractivity contribution in [2.24, 2.45) is 0 Å². The molecule has 1 atom stereocenters. The molecule has 1 N–H and O–H groups in total. The lowest BCUT2D eigenvalue weighted by atomic mass is 9.94. The lowest BCUT2D eigenvalue weighted by molar-refractivity contribution is -0.140. The first-order valence-electron chi connectivity index (χ1n) is 10.9. The summed E-state index contributed by atoms with van der Waals surface area (Å²) in [6.07, 6.45) is 3.27. The topological polar surface area (TPSA) is 83.0 Å².